The molecule has 12 nitrogen and oxygen atoms in total. The third-order valence-corrected chi connectivity index (χ3v) is 12.4. The molecule has 1 unspecified atom stereocenters. The van der Waals surface area contributed by atoms with E-state index in [0.29, 0.717) is 18.0 Å². The van der Waals surface area contributed by atoms with Gasteiger partial charge in [-0.2, -0.15) is 18.4 Å². The number of rotatable bonds is 11. The monoisotopic (exact) mass is 826 g/mol. The number of piperazine rings is 1. The predicted octanol–water partition coefficient (Wildman–Crippen LogP) is 6.02. The van der Waals surface area contributed by atoms with Gasteiger partial charge >= 0.3 is 6.18 Å². The zero-order valence-electron chi connectivity index (χ0n) is 33.1. The Kier molecular flexibility index (Phi) is 12.8. The van der Waals surface area contributed by atoms with Gasteiger partial charge in [-0.05, 0) is 134 Å². The Morgan fingerprint density at radius 3 is 2.34 bits per heavy atom. The first-order valence-corrected chi connectivity index (χ1v) is 20.2. The van der Waals surface area contributed by atoms with Gasteiger partial charge in [0, 0.05) is 43.3 Å². The molecule has 3 heterocycles. The Morgan fingerprint density at radius 2 is 1.71 bits per heavy atom. The van der Waals surface area contributed by atoms with Crippen molar-refractivity contribution in [3.05, 3.63) is 53.3 Å². The number of nitriles is 1. The van der Waals surface area contributed by atoms with Crippen molar-refractivity contribution in [1.29, 1.82) is 5.26 Å². The molecule has 6 rings (SSSR count). The van der Waals surface area contributed by atoms with Gasteiger partial charge < -0.3 is 20.4 Å². The molecule has 0 bridgehead atoms. The Balaban J connectivity index is 0.953. The molecule has 0 spiro atoms. The second-order valence-electron chi connectivity index (χ2n) is 16.5. The number of benzene rings is 2. The molecule has 58 heavy (non-hydrogen) atoms. The lowest BCUT2D eigenvalue weighted by Gasteiger charge is -2.44. The van der Waals surface area contributed by atoms with Gasteiger partial charge in [-0.15, -0.1) is 0 Å². The fourth-order valence-electron chi connectivity index (χ4n) is 9.01. The number of amides is 4. The van der Waals surface area contributed by atoms with Gasteiger partial charge in [0.05, 0.1) is 35.1 Å². The summed E-state index contributed by atoms with van der Waals surface area (Å²) in [5.41, 5.74) is -2.21. The summed E-state index contributed by atoms with van der Waals surface area (Å²) in [6.07, 6.45) is 1.27. The first-order chi connectivity index (χ1) is 27.4. The van der Waals surface area contributed by atoms with Crippen LogP contribution >= 0.6 is 12.2 Å². The van der Waals surface area contributed by atoms with E-state index in [1.165, 1.54) is 29.2 Å². The number of thiocarbonyl (C=S) groups is 1. The average Bonchev–Trinajstić information content (AvgIpc) is 3.34. The lowest BCUT2D eigenvalue weighted by atomic mass is 9.82. The van der Waals surface area contributed by atoms with Crippen LogP contribution in [0.25, 0.3) is 0 Å². The van der Waals surface area contributed by atoms with Crippen LogP contribution in [0.3, 0.4) is 0 Å². The van der Waals surface area contributed by atoms with E-state index in [-0.39, 0.29) is 59.4 Å². The number of nitrogens with one attached hydrogen (secondary N) is 3. The van der Waals surface area contributed by atoms with Crippen molar-refractivity contribution in [3.8, 4) is 6.07 Å². The van der Waals surface area contributed by atoms with Crippen molar-refractivity contribution < 1.29 is 36.7 Å². The van der Waals surface area contributed by atoms with Crippen LogP contribution in [0.15, 0.2) is 36.4 Å². The summed E-state index contributed by atoms with van der Waals surface area (Å²) in [5.74, 6) is -1.63. The number of carbonyl (C=O) groups excluding carboxylic acids is 4. The van der Waals surface area contributed by atoms with E-state index in [2.05, 4.69) is 39.6 Å². The van der Waals surface area contributed by atoms with Gasteiger partial charge in [0.1, 0.15) is 17.4 Å². The number of nitrogens with zero attached hydrogens (tertiary/aromatic N) is 5. The topological polar surface area (TPSA) is 141 Å². The number of piperidine rings is 1. The molecular weight excluding hydrogens is 777 g/mol. The summed E-state index contributed by atoms with van der Waals surface area (Å²) in [5, 5.41) is 17.4. The van der Waals surface area contributed by atoms with Crippen LogP contribution in [0.4, 0.5) is 34.6 Å². The molecule has 3 N–H and O–H groups in total. The van der Waals surface area contributed by atoms with Gasteiger partial charge in [0.2, 0.25) is 17.7 Å². The van der Waals surface area contributed by atoms with E-state index in [1.54, 1.807) is 19.9 Å². The third kappa shape index (κ3) is 9.29. The van der Waals surface area contributed by atoms with Gasteiger partial charge in [0.15, 0.2) is 5.11 Å². The van der Waals surface area contributed by atoms with E-state index < -0.39 is 46.5 Å². The Hall–Kier alpha value is -4.66. The van der Waals surface area contributed by atoms with Crippen molar-refractivity contribution in [3.63, 3.8) is 0 Å². The van der Waals surface area contributed by atoms with Gasteiger partial charge in [-0.25, -0.2) is 4.39 Å². The minimum Gasteiger partial charge on any atom is -0.374 e. The van der Waals surface area contributed by atoms with Gasteiger partial charge in [-0.1, -0.05) is 0 Å². The second kappa shape index (κ2) is 17.3. The van der Waals surface area contributed by atoms with Crippen LogP contribution in [0, 0.1) is 23.1 Å². The molecule has 4 amide bonds. The lowest BCUT2D eigenvalue weighted by Crippen LogP contribution is -2.58. The van der Waals surface area contributed by atoms with Gasteiger partial charge in [0.25, 0.3) is 5.91 Å². The Morgan fingerprint density at radius 1 is 1.02 bits per heavy atom. The molecule has 3 aliphatic heterocycles. The maximum Gasteiger partial charge on any atom is 0.417 e. The SMILES string of the molecule is C[C@@H]1CN(CCC[C@H]2CC[C@H](N3C(=S)N(c4ccc(C#N)c(C(F)(F)F)c4)C(=O)C3(C)C)CC2)C[C@H](C)N1CC(=O)Nc1cc(NC2CCC(=O)NC2=O)ccc1F. The highest BCUT2D eigenvalue weighted by atomic mass is 32.1. The quantitative estimate of drug-likeness (QED) is 0.140. The van der Waals surface area contributed by atoms with Crippen molar-refractivity contribution >= 4 is 58.0 Å². The number of anilines is 3. The minimum atomic E-state index is -4.76. The van der Waals surface area contributed by atoms with E-state index in [9.17, 15) is 42.0 Å². The molecule has 3 saturated heterocycles. The molecular formula is C41H50F4N8O4S. The normalized spacial score (nSPS) is 25.7. The first-order valence-electron chi connectivity index (χ1n) is 19.8. The van der Waals surface area contributed by atoms with Crippen LogP contribution in [-0.4, -0.2) is 99.3 Å². The predicted molar refractivity (Wildman–Crippen MR) is 214 cm³/mol. The lowest BCUT2D eigenvalue weighted by molar-refractivity contribution is -0.138. The number of imide groups is 1. The number of hydrogen-bond donors (Lipinski definition) is 3. The Bertz CT molecular complexity index is 1970. The number of carbonyl (C=O) groups is 4. The smallest absolute Gasteiger partial charge is 0.374 e. The van der Waals surface area contributed by atoms with E-state index in [0.717, 1.165) is 70.3 Å². The summed E-state index contributed by atoms with van der Waals surface area (Å²) >= 11 is 5.76. The highest BCUT2D eigenvalue weighted by Crippen LogP contribution is 2.41. The maximum atomic E-state index is 14.7. The summed E-state index contributed by atoms with van der Waals surface area (Å²) in [4.78, 5) is 58.0. The first kappa shape index (κ1) is 42.9. The second-order valence-corrected chi connectivity index (χ2v) is 16.9. The van der Waals surface area contributed by atoms with E-state index in [1.807, 2.05) is 4.90 Å². The summed E-state index contributed by atoms with van der Waals surface area (Å²) in [6, 6.07) is 8.46. The average molecular weight is 827 g/mol. The minimum absolute atomic E-state index is 0.00224. The van der Waals surface area contributed by atoms with Crippen LogP contribution in [0.5, 0.6) is 0 Å². The van der Waals surface area contributed by atoms with Gasteiger partial charge in [-0.3, -0.25) is 34.3 Å². The molecule has 312 valence electrons. The van der Waals surface area contributed by atoms with Crippen LogP contribution in [0.1, 0.15) is 90.2 Å². The summed E-state index contributed by atoms with van der Waals surface area (Å²) < 4.78 is 55.9. The van der Waals surface area contributed by atoms with Crippen molar-refractivity contribution in [2.75, 3.05) is 41.7 Å². The van der Waals surface area contributed by atoms with Crippen molar-refractivity contribution in [2.45, 2.75) is 115 Å². The van der Waals surface area contributed by atoms with Crippen LogP contribution in [-0.2, 0) is 25.4 Å². The molecule has 0 radical (unpaired) electrons. The van der Waals surface area contributed by atoms with Crippen molar-refractivity contribution in [1.82, 2.24) is 20.0 Å². The molecule has 1 saturated carbocycles. The van der Waals surface area contributed by atoms with Crippen LogP contribution in [0.2, 0.25) is 0 Å². The maximum absolute atomic E-state index is 14.7. The molecule has 1 aliphatic carbocycles. The standard InChI is InChI=1S/C41H50F4N8O4S/c1-24-21-50(22-25(2)51(24)23-36(55)48-34-18-28(10-14-32(34)42)47-33-15-16-35(54)49-37(33)56)17-5-6-26-7-11-29(12-8-26)53-39(58)52(38(57)40(53,3)4)30-13-9-27(20-46)31(19-30)41(43,44)45/h9-10,13-14,18-19,24-26,29,33,47H,5-8,11-12,15-17,21-23H2,1-4H3,(H,48,55)(H,49,54,56)/t24-,25+,26-,29-,33?. The van der Waals surface area contributed by atoms with E-state index in [4.69, 9.17) is 12.2 Å². The van der Waals surface area contributed by atoms with Crippen LogP contribution < -0.4 is 20.9 Å². The molecule has 2 aromatic carbocycles. The molecule has 4 aliphatic rings. The summed E-state index contributed by atoms with van der Waals surface area (Å²) in [6.45, 7) is 10.2. The largest absolute Gasteiger partial charge is 0.417 e. The number of hydrogen-bond acceptors (Lipinski definition) is 9. The summed E-state index contributed by atoms with van der Waals surface area (Å²) in [7, 11) is 0. The molecule has 0 aromatic heterocycles. The zero-order chi connectivity index (χ0) is 42.1. The number of alkyl halides is 3. The number of halogens is 4. The molecule has 4 fully saturated rings. The third-order valence-electron chi connectivity index (χ3n) is 12.0. The molecule has 3 atom stereocenters. The highest BCUT2D eigenvalue weighted by Gasteiger charge is 2.52. The Labute approximate surface area is 341 Å². The fraction of sp³-hybridized carbons (Fsp3) is 0.561. The fourth-order valence-corrected chi connectivity index (χ4v) is 9.57. The highest BCUT2D eigenvalue weighted by molar-refractivity contribution is 7.80. The van der Waals surface area contributed by atoms with E-state index >= 15 is 0 Å². The molecule has 17 heteroatoms. The zero-order valence-corrected chi connectivity index (χ0v) is 33.9. The molecule has 2 aromatic rings. The van der Waals surface area contributed by atoms with Crippen molar-refractivity contribution in [2.24, 2.45) is 5.92 Å².